The number of fused-ring (bicyclic) bond motifs is 17. The van der Waals surface area contributed by atoms with Gasteiger partial charge in [0, 0.05) is 168 Å². The summed E-state index contributed by atoms with van der Waals surface area (Å²) >= 11 is 0. The minimum Gasteiger partial charge on any atom is -0.506 e. The third-order valence-corrected chi connectivity index (χ3v) is 21.3. The highest BCUT2D eigenvalue weighted by Crippen LogP contribution is 2.28. The SMILES string of the molecule is Nc1nc(OCc2ccc(CNC(=O)c3ccc(CNC(=O)CCCCCCC(=O)CCCCCC4CN5CCNC(=O)c6cccc(c6O)C(=O)NCCN(CCNC(=O)c6cccc(c6O)C(=O)N4)CCN4CCNC(=O)c6cccc(c6O)C(=O)NCCN(CCNC(=O)c6cccc(c6O)C(=O)NCC4)CC5)cc3)cc2)c2nc[nH]c2n1. The van der Waals surface area contributed by atoms with E-state index in [1.165, 1.54) is 79.1 Å². The number of ether oxygens (including phenoxy) is 1. The number of aromatic hydroxyl groups is 4. The Kier molecular flexibility index (Phi) is 32.7. The molecule has 35 nitrogen and oxygen atoms in total. The second-order valence-electron chi connectivity index (χ2n) is 29.9. The first-order valence-corrected chi connectivity index (χ1v) is 40.9. The highest BCUT2D eigenvalue weighted by Gasteiger charge is 2.28. The van der Waals surface area contributed by atoms with Gasteiger partial charge in [0.25, 0.3) is 53.2 Å². The van der Waals surface area contributed by atoms with E-state index < -0.39 is 76.3 Å². The zero-order valence-electron chi connectivity index (χ0n) is 67.4. The van der Waals surface area contributed by atoms with Gasteiger partial charge in [0.1, 0.15) is 35.4 Å². The Morgan fingerprint density at radius 1 is 0.413 bits per heavy atom. The highest BCUT2D eigenvalue weighted by atomic mass is 16.5. The number of imidazole rings is 1. The summed E-state index contributed by atoms with van der Waals surface area (Å²) in [5.74, 6) is -7.67. The number of ketones is 1. The summed E-state index contributed by atoms with van der Waals surface area (Å²) in [5, 5.41) is 75.3. The number of nitrogen functional groups attached to an aromatic ring is 1. The maximum Gasteiger partial charge on any atom is 0.255 e. The summed E-state index contributed by atoms with van der Waals surface area (Å²) in [6.07, 6.45) is 7.16. The number of aromatic nitrogens is 4. The van der Waals surface area contributed by atoms with E-state index in [9.17, 15) is 73.2 Å². The van der Waals surface area contributed by atoms with Crippen molar-refractivity contribution in [3.8, 4) is 28.9 Å². The lowest BCUT2D eigenvalue weighted by molar-refractivity contribution is -0.121. The lowest BCUT2D eigenvalue weighted by Gasteiger charge is -2.31. The zero-order chi connectivity index (χ0) is 85.6. The normalized spacial score (nSPS) is 18.6. The molecule has 0 radical (unpaired) electrons. The number of H-pyrrole nitrogens is 1. The number of hydrogen-bond donors (Lipinski definition) is 16. The first-order valence-electron chi connectivity index (χ1n) is 40.9. The summed E-state index contributed by atoms with van der Waals surface area (Å²) in [6.45, 7) is 2.51. The molecule has 12 bridgehead atoms. The average molecular weight is 1660 g/mol. The molecule has 0 saturated carbocycles. The van der Waals surface area contributed by atoms with Crippen LogP contribution in [0.25, 0.3) is 11.2 Å². The van der Waals surface area contributed by atoms with Gasteiger partial charge in [0.2, 0.25) is 17.7 Å². The molecule has 0 saturated heterocycles. The summed E-state index contributed by atoms with van der Waals surface area (Å²) in [5.41, 5.74) is 8.43. The van der Waals surface area contributed by atoms with Gasteiger partial charge in [0.15, 0.2) is 11.2 Å². The monoisotopic (exact) mass is 1660 g/mol. The minimum absolute atomic E-state index is 0.00212. The van der Waals surface area contributed by atoms with Gasteiger partial charge in [-0.25, -0.2) is 4.98 Å². The number of unbranched alkanes of at least 4 members (excludes halogenated alkanes) is 5. The van der Waals surface area contributed by atoms with E-state index in [1.54, 1.807) is 24.3 Å². The van der Waals surface area contributed by atoms with Gasteiger partial charge in [-0.2, -0.15) is 9.97 Å². The van der Waals surface area contributed by atoms with Crippen molar-refractivity contribution in [2.75, 3.05) is 130 Å². The lowest BCUT2D eigenvalue weighted by atomic mass is 10.0. The number of benzene rings is 6. The number of nitrogens with two attached hydrogens (primary N) is 1. The maximum absolute atomic E-state index is 14.7. The number of carbonyl (C=O) groups is 11. The molecular formula is C86H105N19O16. The van der Waals surface area contributed by atoms with Crippen LogP contribution in [0.1, 0.15) is 181 Å². The van der Waals surface area contributed by atoms with Crippen molar-refractivity contribution >= 4 is 82.0 Å². The average Bonchev–Trinajstić information content (AvgIpc) is 1.71. The number of para-hydroxylation sites is 4. The first-order chi connectivity index (χ1) is 58.6. The Morgan fingerprint density at radius 3 is 1.19 bits per heavy atom. The number of anilines is 1. The number of nitrogens with one attached hydrogen (secondary N) is 11. The molecule has 4 aliphatic rings. The van der Waals surface area contributed by atoms with Crippen LogP contribution in [0.15, 0.2) is 128 Å². The second-order valence-corrected chi connectivity index (χ2v) is 29.9. The van der Waals surface area contributed by atoms with E-state index in [4.69, 9.17) is 10.5 Å². The maximum atomic E-state index is 14.7. The topological polar surface area (TPSA) is 492 Å². The smallest absolute Gasteiger partial charge is 0.255 e. The van der Waals surface area contributed by atoms with E-state index in [1.807, 2.05) is 43.9 Å². The molecule has 2 aromatic heterocycles. The van der Waals surface area contributed by atoms with Crippen molar-refractivity contribution < 1.29 is 77.9 Å². The molecule has 35 heteroatoms. The summed E-state index contributed by atoms with van der Waals surface area (Å²) < 4.78 is 5.87. The van der Waals surface area contributed by atoms with Crippen LogP contribution in [0.2, 0.25) is 0 Å². The zero-order valence-corrected chi connectivity index (χ0v) is 67.4. The third kappa shape index (κ3) is 25.9. The van der Waals surface area contributed by atoms with E-state index >= 15 is 0 Å². The van der Waals surface area contributed by atoms with Crippen LogP contribution in [-0.2, 0) is 29.3 Å². The number of hydrogen-bond acceptors (Lipinski definition) is 24. The quantitative estimate of drug-likeness (QED) is 0.0452. The van der Waals surface area contributed by atoms with E-state index in [0.717, 1.165) is 29.5 Å². The van der Waals surface area contributed by atoms with E-state index in [2.05, 4.69) is 73.1 Å². The number of phenols is 4. The van der Waals surface area contributed by atoms with Gasteiger partial charge < -0.3 is 89.0 Å². The van der Waals surface area contributed by atoms with Gasteiger partial charge in [-0.15, -0.1) is 0 Å². The van der Waals surface area contributed by atoms with Crippen molar-refractivity contribution in [3.63, 3.8) is 0 Å². The molecular weight excluding hydrogens is 1560 g/mol. The molecule has 6 heterocycles. The minimum atomic E-state index is -0.702. The second kappa shape index (κ2) is 44.6. The van der Waals surface area contributed by atoms with Crippen molar-refractivity contribution in [3.05, 3.63) is 194 Å². The van der Waals surface area contributed by atoms with Crippen LogP contribution in [0, 0.1) is 0 Å². The largest absolute Gasteiger partial charge is 0.506 e. The predicted octanol–water partition coefficient (Wildman–Crippen LogP) is 4.00. The third-order valence-electron chi connectivity index (χ3n) is 21.3. The Bertz CT molecular complexity index is 4900. The molecule has 640 valence electrons. The summed E-state index contributed by atoms with van der Waals surface area (Å²) in [4.78, 5) is 175. The number of phenolic OH excluding ortho intramolecular Hbond substituents is 4. The van der Waals surface area contributed by atoms with Crippen molar-refractivity contribution in [1.29, 1.82) is 0 Å². The fourth-order valence-corrected chi connectivity index (χ4v) is 14.4. The van der Waals surface area contributed by atoms with Gasteiger partial charge in [-0.3, -0.25) is 72.3 Å². The number of Topliss-reactive ketones (excluding diaryl/α,β-unsaturated/α-hetero) is 1. The molecule has 4 aliphatic heterocycles. The molecule has 6 aromatic carbocycles. The van der Waals surface area contributed by atoms with Gasteiger partial charge in [-0.1, -0.05) is 86.3 Å². The fourth-order valence-electron chi connectivity index (χ4n) is 14.4. The Labute approximate surface area is 699 Å². The van der Waals surface area contributed by atoms with Crippen molar-refractivity contribution in [1.82, 2.24) is 92.7 Å². The molecule has 3 unspecified atom stereocenters. The first kappa shape index (κ1) is 88.7. The van der Waals surface area contributed by atoms with Crippen molar-refractivity contribution in [2.45, 2.75) is 96.4 Å². The molecule has 0 aliphatic carbocycles. The molecule has 0 spiro atoms. The number of rotatable bonds is 21. The molecule has 12 rings (SSSR count). The summed E-state index contributed by atoms with van der Waals surface area (Å²) in [7, 11) is 0. The Balaban J connectivity index is 0.732. The van der Waals surface area contributed by atoms with Crippen LogP contribution >= 0.6 is 0 Å². The standard InChI is InChI=1S/C86H105N19O16/c87-86-100-75-70(97-54-98-75)85(101-86)121-53-57-26-24-55(25-27-57)51-96-76(112)58-30-28-56(29-31-58)50-95-69(107)23-7-2-1-5-13-60(106)14-6-3-4-12-59-52-105-45-38-94-82(118)66-20-10-19-65(73(66)110)79(115)90-34-41-103(42-35-93-83(119)67-21-11-22-68(74(67)111)84(120)99-59)47-46-102-39-32-88-77(113)61-15-8-17-63(71(61)108)80(116)91-36-43-104(48-49-105)44-37-92-81(117)64-18-9-16-62(72(64)109)78(114)89-33-40-102/h8-11,15-22,24-31,54,59,108-111H,1-7,12-14,23,32-53H2,(H,88,113)(H,89,114)(H,90,115)(H,91,116)(H,92,117)(H,93,119)(H,94,118)(H,95,107)(H,96,112)(H,99,120)(H3,87,97,98,100,101). The molecule has 10 amide bonds. The predicted molar refractivity (Wildman–Crippen MR) is 448 cm³/mol. The van der Waals surface area contributed by atoms with Crippen LogP contribution in [0.5, 0.6) is 28.9 Å². The van der Waals surface area contributed by atoms with Crippen molar-refractivity contribution in [2.24, 2.45) is 0 Å². The molecule has 121 heavy (non-hydrogen) atoms. The number of carbonyl (C=O) groups excluding carboxylic acids is 11. The molecule has 17 N–H and O–H groups in total. The van der Waals surface area contributed by atoms with Crippen LogP contribution in [0.4, 0.5) is 5.95 Å². The van der Waals surface area contributed by atoms with E-state index in [0.29, 0.717) is 81.1 Å². The fraction of sp³-hybridized carbons (Fsp3) is 0.395. The number of amides is 10. The Hall–Kier alpha value is -13.1. The number of aromatic amines is 1. The molecule has 8 aromatic rings. The highest BCUT2D eigenvalue weighted by molar-refractivity contribution is 6.07. The van der Waals surface area contributed by atoms with Gasteiger partial charge >= 0.3 is 0 Å². The molecule has 3 atom stereocenters. The van der Waals surface area contributed by atoms with E-state index in [-0.39, 0.29) is 211 Å². The van der Waals surface area contributed by atoms with Gasteiger partial charge in [-0.05, 0) is 103 Å². The van der Waals surface area contributed by atoms with Gasteiger partial charge in [0.05, 0.1) is 50.8 Å². The Morgan fingerprint density at radius 2 is 0.769 bits per heavy atom. The van der Waals surface area contributed by atoms with Crippen LogP contribution in [0.3, 0.4) is 0 Å². The molecule has 0 fully saturated rings. The summed E-state index contributed by atoms with van der Waals surface area (Å²) in [6, 6.07) is 30.9. The number of nitrogens with zero attached hydrogens (tertiary/aromatic N) is 7. The lowest BCUT2D eigenvalue weighted by Crippen LogP contribution is -2.49. The van der Waals surface area contributed by atoms with Crippen LogP contribution < -0.4 is 63.6 Å². The van der Waals surface area contributed by atoms with Crippen LogP contribution in [-0.4, -0.2) is 255 Å².